The molecule has 4 heteroatoms. The summed E-state index contributed by atoms with van der Waals surface area (Å²) in [5.41, 5.74) is 2.79. The molecule has 2 aliphatic rings. The maximum atomic E-state index is 12.6. The zero-order chi connectivity index (χ0) is 17.1. The molecule has 0 radical (unpaired) electrons. The Labute approximate surface area is 150 Å². The average Bonchev–Trinajstić information content (AvgIpc) is 2.97. The van der Waals surface area contributed by atoms with Gasteiger partial charge in [-0.1, -0.05) is 18.6 Å². The number of hydrogen-bond donors (Lipinski definition) is 1. The van der Waals surface area contributed by atoms with E-state index in [-0.39, 0.29) is 5.91 Å². The summed E-state index contributed by atoms with van der Waals surface area (Å²) in [6.07, 6.45) is 7.96. The van der Waals surface area contributed by atoms with Gasteiger partial charge in [-0.2, -0.15) is 0 Å². The van der Waals surface area contributed by atoms with E-state index in [1.165, 1.54) is 22.4 Å². The predicted molar refractivity (Wildman–Crippen MR) is 102 cm³/mol. The molecule has 3 rings (SSSR count). The second-order valence-corrected chi connectivity index (χ2v) is 8.87. The molecule has 132 valence electrons. The fourth-order valence-electron chi connectivity index (χ4n) is 3.65. The maximum Gasteiger partial charge on any atom is 0.261 e. The van der Waals surface area contributed by atoms with Crippen molar-refractivity contribution in [1.82, 2.24) is 10.2 Å². The van der Waals surface area contributed by atoms with Gasteiger partial charge in [-0.3, -0.25) is 9.69 Å². The Kier molecular flexibility index (Phi) is 5.77. The van der Waals surface area contributed by atoms with Crippen LogP contribution in [0.5, 0.6) is 0 Å². The van der Waals surface area contributed by atoms with Crippen molar-refractivity contribution in [2.75, 3.05) is 19.6 Å². The van der Waals surface area contributed by atoms with E-state index in [2.05, 4.69) is 43.1 Å². The number of nitrogens with one attached hydrogen (secondary N) is 1. The highest BCUT2D eigenvalue weighted by molar-refractivity contribution is 7.14. The Balaban J connectivity index is 1.50. The fraction of sp³-hybridized carbons (Fsp3) is 0.650. The van der Waals surface area contributed by atoms with E-state index >= 15 is 0 Å². The van der Waals surface area contributed by atoms with Crippen molar-refractivity contribution in [2.24, 2.45) is 5.92 Å². The van der Waals surface area contributed by atoms with Crippen molar-refractivity contribution in [3.8, 4) is 0 Å². The summed E-state index contributed by atoms with van der Waals surface area (Å²) in [4.78, 5) is 17.4. The molecule has 1 amide bonds. The van der Waals surface area contributed by atoms with E-state index in [4.69, 9.17) is 0 Å². The third kappa shape index (κ3) is 4.48. The number of thiophene rings is 1. The van der Waals surface area contributed by atoms with Gasteiger partial charge in [0.05, 0.1) is 4.88 Å². The van der Waals surface area contributed by atoms with Gasteiger partial charge in [0.15, 0.2) is 0 Å². The maximum absolute atomic E-state index is 12.6. The van der Waals surface area contributed by atoms with Crippen LogP contribution in [-0.2, 0) is 12.8 Å². The third-order valence-corrected chi connectivity index (χ3v) is 6.47. The van der Waals surface area contributed by atoms with Gasteiger partial charge >= 0.3 is 0 Å². The number of carbonyl (C=O) groups is 1. The molecule has 1 aromatic heterocycles. The van der Waals surface area contributed by atoms with Crippen LogP contribution in [0.1, 0.15) is 60.1 Å². The lowest BCUT2D eigenvalue weighted by Crippen LogP contribution is -2.44. The van der Waals surface area contributed by atoms with Crippen LogP contribution < -0.4 is 5.32 Å². The van der Waals surface area contributed by atoms with Crippen LogP contribution in [0, 0.1) is 5.92 Å². The van der Waals surface area contributed by atoms with Crippen molar-refractivity contribution < 1.29 is 4.79 Å². The topological polar surface area (TPSA) is 32.3 Å². The molecule has 0 saturated carbocycles. The summed E-state index contributed by atoms with van der Waals surface area (Å²) in [7, 11) is 0. The van der Waals surface area contributed by atoms with Crippen LogP contribution in [0.25, 0.3) is 0 Å². The predicted octanol–water partition coefficient (Wildman–Crippen LogP) is 4.03. The molecule has 1 saturated heterocycles. The van der Waals surface area contributed by atoms with E-state index in [1.807, 2.05) is 0 Å². The minimum atomic E-state index is 0.143. The average molecular weight is 347 g/mol. The van der Waals surface area contributed by atoms with Crippen LogP contribution in [0.4, 0.5) is 0 Å². The first-order valence-corrected chi connectivity index (χ1v) is 10.1. The zero-order valence-corrected chi connectivity index (χ0v) is 16.0. The standard InChI is InChI=1S/C20H30N2OS/c1-14(2)6-9-22-10-7-17(8-11-22)21-20(23)19-13-16-12-15(3)4-5-18(16)24-19/h6,13,15,17H,4-5,7-12H2,1-3H3,(H,21,23). The minimum Gasteiger partial charge on any atom is -0.349 e. The lowest BCUT2D eigenvalue weighted by Gasteiger charge is -2.31. The number of amides is 1. The molecule has 1 fully saturated rings. The van der Waals surface area contributed by atoms with E-state index in [9.17, 15) is 4.79 Å². The Hall–Kier alpha value is -1.13. The monoisotopic (exact) mass is 346 g/mol. The van der Waals surface area contributed by atoms with Gasteiger partial charge in [-0.15, -0.1) is 11.3 Å². The van der Waals surface area contributed by atoms with Crippen LogP contribution in [0.2, 0.25) is 0 Å². The van der Waals surface area contributed by atoms with Crippen LogP contribution in [0.15, 0.2) is 17.7 Å². The van der Waals surface area contributed by atoms with E-state index in [0.717, 1.165) is 56.1 Å². The summed E-state index contributed by atoms with van der Waals surface area (Å²) >= 11 is 1.72. The molecule has 1 aliphatic carbocycles. The first-order valence-electron chi connectivity index (χ1n) is 9.29. The Morgan fingerprint density at radius 2 is 2.08 bits per heavy atom. The van der Waals surface area contributed by atoms with Crippen molar-refractivity contribution in [1.29, 1.82) is 0 Å². The normalized spacial score (nSPS) is 22.0. The summed E-state index contributed by atoms with van der Waals surface area (Å²) in [6, 6.07) is 2.48. The highest BCUT2D eigenvalue weighted by Gasteiger charge is 2.24. The third-order valence-electron chi connectivity index (χ3n) is 5.23. The van der Waals surface area contributed by atoms with Crippen LogP contribution in [0.3, 0.4) is 0 Å². The van der Waals surface area contributed by atoms with Crippen LogP contribution >= 0.6 is 11.3 Å². The van der Waals surface area contributed by atoms with Crippen molar-refractivity contribution in [3.05, 3.63) is 33.0 Å². The minimum absolute atomic E-state index is 0.143. The van der Waals surface area contributed by atoms with Crippen LogP contribution in [-0.4, -0.2) is 36.5 Å². The number of carbonyl (C=O) groups excluding carboxylic acids is 1. The first kappa shape index (κ1) is 17.7. The van der Waals surface area contributed by atoms with Gasteiger partial charge in [-0.05, 0) is 63.5 Å². The molecular formula is C20H30N2OS. The fourth-order valence-corrected chi connectivity index (χ4v) is 4.76. The van der Waals surface area contributed by atoms with Gasteiger partial charge in [0.2, 0.25) is 0 Å². The number of aryl methyl sites for hydroxylation is 1. The molecule has 1 unspecified atom stereocenters. The zero-order valence-electron chi connectivity index (χ0n) is 15.2. The smallest absolute Gasteiger partial charge is 0.261 e. The largest absolute Gasteiger partial charge is 0.349 e. The second-order valence-electron chi connectivity index (χ2n) is 7.74. The lowest BCUT2D eigenvalue weighted by atomic mass is 9.90. The summed E-state index contributed by atoms with van der Waals surface area (Å²) in [6.45, 7) is 9.80. The molecule has 0 spiro atoms. The number of rotatable bonds is 4. The Bertz CT molecular complexity index is 607. The highest BCUT2D eigenvalue weighted by Crippen LogP contribution is 2.32. The Morgan fingerprint density at radius 3 is 2.79 bits per heavy atom. The van der Waals surface area contributed by atoms with Gasteiger partial charge < -0.3 is 5.32 Å². The quantitative estimate of drug-likeness (QED) is 0.835. The van der Waals surface area contributed by atoms with E-state index < -0.39 is 0 Å². The number of hydrogen-bond acceptors (Lipinski definition) is 3. The van der Waals surface area contributed by atoms with Gasteiger partial charge in [-0.25, -0.2) is 0 Å². The Morgan fingerprint density at radius 1 is 1.33 bits per heavy atom. The van der Waals surface area contributed by atoms with Gasteiger partial charge in [0.25, 0.3) is 5.91 Å². The number of fused-ring (bicyclic) bond motifs is 1. The molecule has 0 aromatic carbocycles. The summed E-state index contributed by atoms with van der Waals surface area (Å²) < 4.78 is 0. The molecule has 1 atom stereocenters. The van der Waals surface area contributed by atoms with E-state index in [0.29, 0.717) is 6.04 Å². The molecule has 24 heavy (non-hydrogen) atoms. The SMILES string of the molecule is CC(C)=CCN1CCC(NC(=O)c2cc3c(s2)CCC(C)C3)CC1. The molecular weight excluding hydrogens is 316 g/mol. The lowest BCUT2D eigenvalue weighted by molar-refractivity contribution is 0.0918. The second kappa shape index (κ2) is 7.83. The first-order chi connectivity index (χ1) is 11.5. The van der Waals surface area contributed by atoms with Crippen molar-refractivity contribution >= 4 is 17.2 Å². The van der Waals surface area contributed by atoms with Crippen molar-refractivity contribution in [2.45, 2.75) is 58.9 Å². The highest BCUT2D eigenvalue weighted by atomic mass is 32.1. The summed E-state index contributed by atoms with van der Waals surface area (Å²) in [5.74, 6) is 0.901. The van der Waals surface area contributed by atoms with E-state index in [1.54, 1.807) is 11.3 Å². The van der Waals surface area contributed by atoms with Crippen molar-refractivity contribution in [3.63, 3.8) is 0 Å². The number of piperidine rings is 1. The molecule has 3 nitrogen and oxygen atoms in total. The number of likely N-dealkylation sites (tertiary alicyclic amines) is 1. The number of nitrogens with zero attached hydrogens (tertiary/aromatic N) is 1. The van der Waals surface area contributed by atoms with Gasteiger partial charge in [0, 0.05) is 30.6 Å². The molecule has 0 bridgehead atoms. The summed E-state index contributed by atoms with van der Waals surface area (Å²) in [5, 5.41) is 3.27. The number of allylic oxidation sites excluding steroid dienone is 1. The molecule has 1 aromatic rings. The molecule has 1 aliphatic heterocycles. The van der Waals surface area contributed by atoms with Gasteiger partial charge in [0.1, 0.15) is 0 Å². The molecule has 2 heterocycles. The molecule has 1 N–H and O–H groups in total.